The summed E-state index contributed by atoms with van der Waals surface area (Å²) in [6.07, 6.45) is 51.4. The molecule has 0 fully saturated rings. The van der Waals surface area contributed by atoms with Crippen molar-refractivity contribution in [3.8, 4) is 0 Å². The molecule has 0 rings (SSSR count). The molecular weight excluding hydrogens is 1260 g/mol. The topological polar surface area (TPSA) is 237 Å². The van der Waals surface area contributed by atoms with Crippen LogP contribution in [0.2, 0.25) is 0 Å². The van der Waals surface area contributed by atoms with Crippen molar-refractivity contribution in [1.29, 1.82) is 0 Å². The third-order valence-electron chi connectivity index (χ3n) is 18.2. The van der Waals surface area contributed by atoms with Crippen LogP contribution >= 0.6 is 15.6 Å². The molecule has 0 aromatic carbocycles. The van der Waals surface area contributed by atoms with Crippen molar-refractivity contribution < 1.29 is 80.2 Å². The van der Waals surface area contributed by atoms with Gasteiger partial charge in [-0.05, 0) is 49.4 Å². The summed E-state index contributed by atoms with van der Waals surface area (Å²) in [5.74, 6) is 0.938. The molecule has 6 atom stereocenters. The number of esters is 4. The highest BCUT2D eigenvalue weighted by Crippen LogP contribution is 2.45. The lowest BCUT2D eigenvalue weighted by Crippen LogP contribution is -2.30. The van der Waals surface area contributed by atoms with E-state index in [1.165, 1.54) is 193 Å². The first-order chi connectivity index (χ1) is 46.1. The van der Waals surface area contributed by atoms with Gasteiger partial charge < -0.3 is 33.8 Å². The average molecular weight is 1410 g/mol. The minimum atomic E-state index is -4.96. The molecule has 0 heterocycles. The molecule has 3 N–H and O–H groups in total. The van der Waals surface area contributed by atoms with Crippen LogP contribution in [0.25, 0.3) is 0 Å². The van der Waals surface area contributed by atoms with E-state index in [1.807, 2.05) is 0 Å². The van der Waals surface area contributed by atoms with Crippen LogP contribution in [0.4, 0.5) is 0 Å². The zero-order valence-electron chi connectivity index (χ0n) is 63.0. The van der Waals surface area contributed by atoms with Gasteiger partial charge in [0.25, 0.3) is 0 Å². The van der Waals surface area contributed by atoms with Gasteiger partial charge in [0.15, 0.2) is 12.2 Å². The molecule has 0 saturated carbocycles. The third-order valence-corrected chi connectivity index (χ3v) is 20.1. The van der Waals surface area contributed by atoms with Gasteiger partial charge in [-0.3, -0.25) is 37.3 Å². The van der Waals surface area contributed by atoms with Gasteiger partial charge in [-0.25, -0.2) is 9.13 Å². The van der Waals surface area contributed by atoms with Crippen molar-refractivity contribution in [3.63, 3.8) is 0 Å². The normalized spacial score (nSPS) is 14.4. The number of aliphatic hydroxyl groups is 1. The molecule has 0 aliphatic rings. The molecule has 0 aliphatic heterocycles. The number of ether oxygens (including phenoxy) is 4. The first-order valence-corrected chi connectivity index (χ1v) is 42.7. The summed E-state index contributed by atoms with van der Waals surface area (Å²) in [7, 11) is -9.91. The van der Waals surface area contributed by atoms with Crippen LogP contribution in [0, 0.1) is 23.7 Å². The minimum absolute atomic E-state index is 0.104. The zero-order chi connectivity index (χ0) is 71.0. The van der Waals surface area contributed by atoms with E-state index in [0.717, 1.165) is 114 Å². The zero-order valence-corrected chi connectivity index (χ0v) is 64.8. The van der Waals surface area contributed by atoms with E-state index in [0.29, 0.717) is 25.7 Å². The number of carbonyl (C=O) groups is 4. The summed E-state index contributed by atoms with van der Waals surface area (Å²) >= 11 is 0. The van der Waals surface area contributed by atoms with E-state index in [4.69, 9.17) is 37.0 Å². The fourth-order valence-corrected chi connectivity index (χ4v) is 13.3. The van der Waals surface area contributed by atoms with Gasteiger partial charge in [-0.15, -0.1) is 0 Å². The Kier molecular flexibility index (Phi) is 65.0. The molecule has 96 heavy (non-hydrogen) atoms. The Balaban J connectivity index is 5.21. The number of hydrogen-bond donors (Lipinski definition) is 3. The Bertz CT molecular complexity index is 1890. The summed E-state index contributed by atoms with van der Waals surface area (Å²) < 4.78 is 68.5. The van der Waals surface area contributed by atoms with Crippen LogP contribution in [-0.4, -0.2) is 96.7 Å². The van der Waals surface area contributed by atoms with Gasteiger partial charge in [0.2, 0.25) is 0 Å². The van der Waals surface area contributed by atoms with Crippen LogP contribution in [0.5, 0.6) is 0 Å². The number of aliphatic hydroxyl groups excluding tert-OH is 1. The first-order valence-electron chi connectivity index (χ1n) is 39.7. The first kappa shape index (κ1) is 94.1. The van der Waals surface area contributed by atoms with Crippen LogP contribution in [0.15, 0.2) is 0 Å². The average Bonchev–Trinajstić information content (AvgIpc) is 1.34. The molecule has 0 aromatic heterocycles. The molecule has 0 spiro atoms. The van der Waals surface area contributed by atoms with Gasteiger partial charge in [-0.2, -0.15) is 0 Å². The number of phosphoric acid groups is 2. The van der Waals surface area contributed by atoms with E-state index in [9.17, 15) is 43.2 Å². The Hall–Kier alpha value is -1.94. The highest BCUT2D eigenvalue weighted by Gasteiger charge is 2.30. The summed E-state index contributed by atoms with van der Waals surface area (Å²) in [4.78, 5) is 72.8. The smallest absolute Gasteiger partial charge is 0.462 e. The van der Waals surface area contributed by atoms with Crippen molar-refractivity contribution in [1.82, 2.24) is 0 Å². The number of hydrogen-bond acceptors (Lipinski definition) is 15. The third kappa shape index (κ3) is 69.2. The maximum absolute atomic E-state index is 13.1. The highest BCUT2D eigenvalue weighted by atomic mass is 31.2. The largest absolute Gasteiger partial charge is 0.472 e. The quantitative estimate of drug-likeness (QED) is 0.0222. The molecule has 0 bridgehead atoms. The summed E-state index contributed by atoms with van der Waals surface area (Å²) in [5.41, 5.74) is 0. The molecule has 4 unspecified atom stereocenters. The monoisotopic (exact) mass is 1410 g/mol. The summed E-state index contributed by atoms with van der Waals surface area (Å²) in [5, 5.41) is 10.6. The van der Waals surface area contributed by atoms with Gasteiger partial charge in [0, 0.05) is 25.7 Å². The van der Waals surface area contributed by atoms with Crippen molar-refractivity contribution in [2.24, 2.45) is 23.7 Å². The van der Waals surface area contributed by atoms with E-state index in [1.54, 1.807) is 0 Å². The molecule has 0 saturated heterocycles. The Morgan fingerprint density at radius 3 is 0.740 bits per heavy atom. The van der Waals surface area contributed by atoms with E-state index in [2.05, 4.69) is 55.4 Å². The maximum Gasteiger partial charge on any atom is 0.472 e. The van der Waals surface area contributed by atoms with Gasteiger partial charge in [-0.1, -0.05) is 338 Å². The summed E-state index contributed by atoms with van der Waals surface area (Å²) in [6, 6.07) is 0. The molecular formula is C77H150O17P2. The number of phosphoric ester groups is 2. The van der Waals surface area contributed by atoms with Gasteiger partial charge in [0.1, 0.15) is 19.3 Å². The second-order valence-corrected chi connectivity index (χ2v) is 32.3. The van der Waals surface area contributed by atoms with Crippen molar-refractivity contribution >= 4 is 39.5 Å². The molecule has 19 heteroatoms. The molecule has 570 valence electrons. The minimum Gasteiger partial charge on any atom is -0.462 e. The van der Waals surface area contributed by atoms with Crippen molar-refractivity contribution in [3.05, 3.63) is 0 Å². The van der Waals surface area contributed by atoms with Crippen molar-refractivity contribution in [2.45, 2.75) is 408 Å². The second kappa shape index (κ2) is 66.3. The maximum atomic E-state index is 13.1. The van der Waals surface area contributed by atoms with Gasteiger partial charge >= 0.3 is 39.5 Å². The number of carbonyl (C=O) groups excluding carboxylic acids is 4. The van der Waals surface area contributed by atoms with Gasteiger partial charge in [0.05, 0.1) is 26.4 Å². The SMILES string of the molecule is CCC(C)CCCCCCCCCCC(=O)O[C@H](COC(=O)CCCCCCCCCCC(C)C)COP(=O)(O)OCC(O)COP(=O)(O)OC[C@@H](COC(=O)CCCCCCCCCCCC(C)C)OC(=O)CCCCCCCCCCCCCCCCCCCCC(C)C. The van der Waals surface area contributed by atoms with E-state index in [-0.39, 0.29) is 25.7 Å². The van der Waals surface area contributed by atoms with Crippen LogP contribution in [-0.2, 0) is 65.4 Å². The summed E-state index contributed by atoms with van der Waals surface area (Å²) in [6.45, 7) is 14.2. The lowest BCUT2D eigenvalue weighted by atomic mass is 9.99. The van der Waals surface area contributed by atoms with E-state index < -0.39 is 97.5 Å². The van der Waals surface area contributed by atoms with Crippen LogP contribution < -0.4 is 0 Å². The number of unbranched alkanes of at least 4 members (excludes halogenated alkanes) is 39. The Morgan fingerprint density at radius 1 is 0.292 bits per heavy atom. The Labute approximate surface area is 588 Å². The molecule has 0 amide bonds. The lowest BCUT2D eigenvalue weighted by molar-refractivity contribution is -0.161. The standard InChI is InChI=1S/C77H150O17P2/c1-9-70(8)56-48-40-32-26-28-36-44-52-60-77(82)94-73(64-88-75(80)58-50-42-34-27-25-31-39-47-55-69(6)7)66-92-96(85,86)90-62-71(78)61-89-95(83,84)91-65-72(63-87-74(79)57-49-41-33-24-20-22-30-38-46-54-68(4)5)93-76(81)59-51-43-35-23-19-17-15-13-11-10-12-14-16-18-21-29-37-45-53-67(2)3/h67-73,78H,9-66H2,1-8H3,(H,83,84)(H,85,86)/t70?,71?,72-,73-/m1/s1. The van der Waals surface area contributed by atoms with Crippen LogP contribution in [0.3, 0.4) is 0 Å². The van der Waals surface area contributed by atoms with E-state index >= 15 is 0 Å². The lowest BCUT2D eigenvalue weighted by Gasteiger charge is -2.21. The van der Waals surface area contributed by atoms with Crippen LogP contribution in [0.1, 0.15) is 389 Å². The molecule has 0 aliphatic carbocycles. The highest BCUT2D eigenvalue weighted by molar-refractivity contribution is 7.47. The Morgan fingerprint density at radius 2 is 0.500 bits per heavy atom. The molecule has 0 radical (unpaired) electrons. The number of rotatable bonds is 74. The fourth-order valence-electron chi connectivity index (χ4n) is 11.7. The fraction of sp³-hybridized carbons (Fsp3) is 0.948. The van der Waals surface area contributed by atoms with Crippen molar-refractivity contribution in [2.75, 3.05) is 39.6 Å². The second-order valence-electron chi connectivity index (χ2n) is 29.4. The molecule has 0 aromatic rings. The predicted molar refractivity (Wildman–Crippen MR) is 391 cm³/mol. The molecule has 17 nitrogen and oxygen atoms in total. The predicted octanol–water partition coefficient (Wildman–Crippen LogP) is 22.4.